The van der Waals surface area contributed by atoms with Crippen molar-refractivity contribution in [2.24, 2.45) is 0 Å². The monoisotopic (exact) mass is 353 g/mol. The van der Waals surface area contributed by atoms with Crippen LogP contribution >= 0.6 is 0 Å². The number of piperazine rings is 1. The maximum absolute atomic E-state index is 12.4. The summed E-state index contributed by atoms with van der Waals surface area (Å²) in [4.78, 5) is 32.2. The average molecular weight is 353 g/mol. The molecular formula is C20H23N3O3. The van der Waals surface area contributed by atoms with Crippen molar-refractivity contribution >= 4 is 11.7 Å². The van der Waals surface area contributed by atoms with Gasteiger partial charge in [0, 0.05) is 44.5 Å². The van der Waals surface area contributed by atoms with Crippen LogP contribution in [-0.4, -0.2) is 59.3 Å². The van der Waals surface area contributed by atoms with E-state index >= 15 is 0 Å². The van der Waals surface area contributed by atoms with E-state index in [0.717, 1.165) is 25.3 Å². The number of pyridine rings is 1. The molecule has 1 amide bonds. The van der Waals surface area contributed by atoms with Crippen molar-refractivity contribution < 1.29 is 14.3 Å². The maximum Gasteiger partial charge on any atom is 0.260 e. The van der Waals surface area contributed by atoms with Crippen LogP contribution in [0, 0.1) is 0 Å². The van der Waals surface area contributed by atoms with Gasteiger partial charge in [-0.15, -0.1) is 0 Å². The largest absolute Gasteiger partial charge is 0.484 e. The second-order valence-corrected chi connectivity index (χ2v) is 6.35. The van der Waals surface area contributed by atoms with Gasteiger partial charge in [0.05, 0.1) is 5.69 Å². The predicted octanol–water partition coefficient (Wildman–Crippen LogP) is 2.01. The normalized spacial score (nSPS) is 14.9. The van der Waals surface area contributed by atoms with Gasteiger partial charge in [-0.05, 0) is 31.2 Å². The molecule has 1 aliphatic heterocycles. The molecule has 0 radical (unpaired) electrons. The van der Waals surface area contributed by atoms with Crippen LogP contribution in [0.3, 0.4) is 0 Å². The van der Waals surface area contributed by atoms with Gasteiger partial charge in [-0.25, -0.2) is 0 Å². The molecule has 0 saturated carbocycles. The number of aromatic nitrogens is 1. The van der Waals surface area contributed by atoms with Crippen molar-refractivity contribution in [2.45, 2.75) is 13.5 Å². The van der Waals surface area contributed by atoms with Crippen LogP contribution in [0.1, 0.15) is 23.0 Å². The number of rotatable bonds is 6. The molecule has 136 valence electrons. The van der Waals surface area contributed by atoms with Crippen molar-refractivity contribution in [2.75, 3.05) is 32.8 Å². The summed E-state index contributed by atoms with van der Waals surface area (Å²) < 4.78 is 5.57. The Morgan fingerprint density at radius 1 is 1.08 bits per heavy atom. The van der Waals surface area contributed by atoms with Crippen LogP contribution in [0.25, 0.3) is 0 Å². The van der Waals surface area contributed by atoms with E-state index in [2.05, 4.69) is 9.88 Å². The summed E-state index contributed by atoms with van der Waals surface area (Å²) >= 11 is 0. The lowest BCUT2D eigenvalue weighted by atomic mass is 10.1. The molecule has 0 N–H and O–H groups in total. The fourth-order valence-electron chi connectivity index (χ4n) is 2.92. The van der Waals surface area contributed by atoms with Crippen molar-refractivity contribution in [3.05, 3.63) is 59.9 Å². The number of carbonyl (C=O) groups is 2. The summed E-state index contributed by atoms with van der Waals surface area (Å²) in [5.74, 6) is 0.487. The SMILES string of the molecule is CC(=O)c1cccc(OCC(=O)N2CCN(Cc3ccccn3)CC2)c1. The molecule has 1 aliphatic rings. The third-order valence-corrected chi connectivity index (χ3v) is 4.44. The van der Waals surface area contributed by atoms with Crippen molar-refractivity contribution in [3.63, 3.8) is 0 Å². The van der Waals surface area contributed by atoms with Gasteiger partial charge in [-0.3, -0.25) is 19.5 Å². The van der Waals surface area contributed by atoms with E-state index < -0.39 is 0 Å². The van der Waals surface area contributed by atoms with Crippen LogP contribution < -0.4 is 4.74 Å². The molecule has 6 heteroatoms. The quantitative estimate of drug-likeness (QED) is 0.744. The number of hydrogen-bond acceptors (Lipinski definition) is 5. The summed E-state index contributed by atoms with van der Waals surface area (Å²) in [6.07, 6.45) is 1.80. The molecule has 0 bridgehead atoms. The van der Waals surface area contributed by atoms with E-state index in [4.69, 9.17) is 4.74 Å². The summed E-state index contributed by atoms with van der Waals surface area (Å²) in [5.41, 5.74) is 1.62. The summed E-state index contributed by atoms with van der Waals surface area (Å²) in [5, 5.41) is 0. The molecule has 2 heterocycles. The molecule has 1 saturated heterocycles. The minimum atomic E-state index is -0.0317. The molecule has 2 aromatic rings. The molecule has 0 atom stereocenters. The van der Waals surface area contributed by atoms with Gasteiger partial charge in [-0.2, -0.15) is 0 Å². The van der Waals surface area contributed by atoms with Gasteiger partial charge in [0.2, 0.25) is 0 Å². The lowest BCUT2D eigenvalue weighted by Gasteiger charge is -2.34. The standard InChI is InChI=1S/C20H23N3O3/c1-16(24)17-5-4-7-19(13-17)26-15-20(25)23-11-9-22(10-12-23)14-18-6-2-3-8-21-18/h2-8,13H,9-12,14-15H2,1H3. The fraction of sp³-hybridized carbons (Fsp3) is 0.350. The number of ketones is 1. The molecule has 3 rings (SSSR count). The molecule has 6 nitrogen and oxygen atoms in total. The number of hydrogen-bond donors (Lipinski definition) is 0. The zero-order chi connectivity index (χ0) is 18.4. The Bertz CT molecular complexity index is 756. The Kier molecular flexibility index (Phi) is 5.96. The van der Waals surface area contributed by atoms with Gasteiger partial charge in [0.15, 0.2) is 12.4 Å². The zero-order valence-electron chi connectivity index (χ0n) is 14.9. The Hall–Kier alpha value is -2.73. The third kappa shape index (κ3) is 4.89. The highest BCUT2D eigenvalue weighted by atomic mass is 16.5. The highest BCUT2D eigenvalue weighted by molar-refractivity contribution is 5.94. The highest BCUT2D eigenvalue weighted by Gasteiger charge is 2.21. The lowest BCUT2D eigenvalue weighted by Crippen LogP contribution is -2.49. The van der Waals surface area contributed by atoms with Crippen molar-refractivity contribution in [3.8, 4) is 5.75 Å². The van der Waals surface area contributed by atoms with Gasteiger partial charge in [0.1, 0.15) is 5.75 Å². The smallest absolute Gasteiger partial charge is 0.260 e. The van der Waals surface area contributed by atoms with E-state index in [1.165, 1.54) is 6.92 Å². The van der Waals surface area contributed by atoms with Crippen LogP contribution in [0.4, 0.5) is 0 Å². The number of amides is 1. The maximum atomic E-state index is 12.4. The molecule has 0 unspecified atom stereocenters. The fourth-order valence-corrected chi connectivity index (χ4v) is 2.92. The zero-order valence-corrected chi connectivity index (χ0v) is 14.9. The summed E-state index contributed by atoms with van der Waals surface area (Å²) in [7, 11) is 0. The molecule has 1 aromatic heterocycles. The number of benzene rings is 1. The van der Waals surface area contributed by atoms with Crippen molar-refractivity contribution in [1.82, 2.24) is 14.8 Å². The Morgan fingerprint density at radius 3 is 2.58 bits per heavy atom. The molecule has 1 fully saturated rings. The van der Waals surface area contributed by atoms with Gasteiger partial charge in [-0.1, -0.05) is 18.2 Å². The minimum Gasteiger partial charge on any atom is -0.484 e. The van der Waals surface area contributed by atoms with Gasteiger partial charge >= 0.3 is 0 Å². The van der Waals surface area contributed by atoms with E-state index in [0.29, 0.717) is 24.4 Å². The third-order valence-electron chi connectivity index (χ3n) is 4.44. The van der Waals surface area contributed by atoms with Gasteiger partial charge < -0.3 is 9.64 Å². The Morgan fingerprint density at radius 2 is 1.88 bits per heavy atom. The Balaban J connectivity index is 1.45. The molecule has 0 aliphatic carbocycles. The molecular weight excluding hydrogens is 330 g/mol. The Labute approximate surface area is 153 Å². The highest BCUT2D eigenvalue weighted by Crippen LogP contribution is 2.14. The average Bonchev–Trinajstić information content (AvgIpc) is 2.68. The van der Waals surface area contributed by atoms with E-state index in [1.807, 2.05) is 23.1 Å². The lowest BCUT2D eigenvalue weighted by molar-refractivity contribution is -0.135. The molecule has 26 heavy (non-hydrogen) atoms. The van der Waals surface area contributed by atoms with Gasteiger partial charge in [0.25, 0.3) is 5.91 Å². The van der Waals surface area contributed by atoms with Crippen LogP contribution in [-0.2, 0) is 11.3 Å². The first-order valence-corrected chi connectivity index (χ1v) is 8.75. The van der Waals surface area contributed by atoms with E-state index in [1.54, 1.807) is 30.5 Å². The molecule has 1 aromatic carbocycles. The first-order chi connectivity index (χ1) is 12.6. The van der Waals surface area contributed by atoms with E-state index in [-0.39, 0.29) is 18.3 Å². The number of ether oxygens (including phenoxy) is 1. The molecule has 0 spiro atoms. The number of nitrogens with zero attached hydrogens (tertiary/aromatic N) is 3. The number of Topliss-reactive ketones (excluding diaryl/α,β-unsaturated/α-hetero) is 1. The van der Waals surface area contributed by atoms with Crippen LogP contribution in [0.5, 0.6) is 5.75 Å². The van der Waals surface area contributed by atoms with E-state index in [9.17, 15) is 9.59 Å². The van der Waals surface area contributed by atoms with Crippen LogP contribution in [0.15, 0.2) is 48.7 Å². The van der Waals surface area contributed by atoms with Crippen molar-refractivity contribution in [1.29, 1.82) is 0 Å². The second kappa shape index (κ2) is 8.58. The first kappa shape index (κ1) is 18.1. The first-order valence-electron chi connectivity index (χ1n) is 8.75. The topological polar surface area (TPSA) is 62.7 Å². The second-order valence-electron chi connectivity index (χ2n) is 6.35. The van der Waals surface area contributed by atoms with Crippen LogP contribution in [0.2, 0.25) is 0 Å². The number of carbonyl (C=O) groups excluding carboxylic acids is 2. The minimum absolute atomic E-state index is 0.0123. The predicted molar refractivity (Wildman–Crippen MR) is 98.0 cm³/mol. The summed E-state index contributed by atoms with van der Waals surface area (Å²) in [6.45, 7) is 5.31. The summed E-state index contributed by atoms with van der Waals surface area (Å²) in [6, 6.07) is 12.8.